The summed E-state index contributed by atoms with van der Waals surface area (Å²) in [7, 11) is -4.10. The molecule has 0 bridgehead atoms. The van der Waals surface area contributed by atoms with Crippen LogP contribution in [0.25, 0.3) is 0 Å². The number of hydrogen-bond acceptors (Lipinski definition) is 4. The molecule has 1 aromatic rings. The van der Waals surface area contributed by atoms with Gasteiger partial charge in [0.15, 0.2) is 0 Å². The van der Waals surface area contributed by atoms with Crippen LogP contribution in [-0.2, 0) is 10.0 Å². The van der Waals surface area contributed by atoms with Crippen molar-refractivity contribution in [2.24, 2.45) is 5.14 Å². The Hall–Kier alpha value is -1.60. The van der Waals surface area contributed by atoms with Gasteiger partial charge in [-0.25, -0.2) is 18.4 Å². The number of anilines is 1. The van der Waals surface area contributed by atoms with Crippen LogP contribution in [0, 0.1) is 0 Å². The van der Waals surface area contributed by atoms with Crippen LogP contribution in [0.5, 0.6) is 0 Å². The number of carboxylic acids is 1. The number of carboxylic acid groups (broad SMARTS) is 1. The van der Waals surface area contributed by atoms with Crippen LogP contribution in [0.4, 0.5) is 5.69 Å². The van der Waals surface area contributed by atoms with E-state index in [1.54, 1.807) is 0 Å². The molecule has 19 heavy (non-hydrogen) atoms. The number of benzene rings is 1. The van der Waals surface area contributed by atoms with Crippen molar-refractivity contribution in [3.63, 3.8) is 0 Å². The number of rotatable bonds is 7. The Morgan fingerprint density at radius 1 is 1.37 bits per heavy atom. The molecule has 0 spiro atoms. The summed E-state index contributed by atoms with van der Waals surface area (Å²) in [6.45, 7) is 2.63. The number of sulfonamides is 1. The topological polar surface area (TPSA) is 109 Å². The molecule has 7 heteroatoms. The van der Waals surface area contributed by atoms with Crippen molar-refractivity contribution in [2.75, 3.05) is 11.9 Å². The molecule has 0 saturated carbocycles. The highest BCUT2D eigenvalue weighted by molar-refractivity contribution is 7.89. The maximum absolute atomic E-state index is 11.5. The van der Waals surface area contributed by atoms with Crippen molar-refractivity contribution in [1.29, 1.82) is 0 Å². The van der Waals surface area contributed by atoms with E-state index in [-0.39, 0.29) is 16.1 Å². The first kappa shape index (κ1) is 15.5. The zero-order chi connectivity index (χ0) is 14.5. The molecule has 1 aromatic carbocycles. The van der Waals surface area contributed by atoms with E-state index in [9.17, 15) is 13.2 Å². The average Bonchev–Trinajstić information content (AvgIpc) is 2.33. The summed E-state index contributed by atoms with van der Waals surface area (Å²) in [6, 6.07) is 4.22. The van der Waals surface area contributed by atoms with Crippen LogP contribution in [0.2, 0.25) is 0 Å². The lowest BCUT2D eigenvalue weighted by molar-refractivity contribution is 0.0692. The smallest absolute Gasteiger partial charge is 0.337 e. The summed E-state index contributed by atoms with van der Waals surface area (Å²) < 4.78 is 23.1. The second kappa shape index (κ2) is 6.53. The summed E-state index contributed by atoms with van der Waals surface area (Å²) in [6.07, 6.45) is 2.92. The second-order valence-electron chi connectivity index (χ2n) is 4.17. The maximum atomic E-state index is 11.5. The molecule has 0 aliphatic heterocycles. The molecule has 6 nitrogen and oxygen atoms in total. The van der Waals surface area contributed by atoms with Gasteiger partial charge in [0.2, 0.25) is 10.0 Å². The number of unbranched alkanes of at least 4 members (excludes halogenated alkanes) is 2. The highest BCUT2D eigenvalue weighted by Gasteiger charge is 2.22. The molecule has 0 atom stereocenters. The molecule has 0 fully saturated rings. The number of nitrogens with two attached hydrogens (primary N) is 1. The van der Waals surface area contributed by atoms with Crippen LogP contribution < -0.4 is 10.5 Å². The summed E-state index contributed by atoms with van der Waals surface area (Å²) in [5, 5.41) is 17.0. The number of aromatic carboxylic acids is 1. The van der Waals surface area contributed by atoms with Crippen molar-refractivity contribution in [3.05, 3.63) is 23.8 Å². The monoisotopic (exact) mass is 286 g/mol. The number of carbonyl (C=O) groups is 1. The largest absolute Gasteiger partial charge is 0.478 e. The molecule has 106 valence electrons. The molecule has 0 radical (unpaired) electrons. The van der Waals surface area contributed by atoms with Crippen LogP contribution in [0.15, 0.2) is 23.1 Å². The quantitative estimate of drug-likeness (QED) is 0.660. The van der Waals surface area contributed by atoms with Crippen molar-refractivity contribution < 1.29 is 18.3 Å². The van der Waals surface area contributed by atoms with E-state index in [1.807, 2.05) is 0 Å². The van der Waals surface area contributed by atoms with Gasteiger partial charge in [-0.2, -0.15) is 0 Å². The molecule has 0 aromatic heterocycles. The Kier molecular flexibility index (Phi) is 5.31. The lowest BCUT2D eigenvalue weighted by atomic mass is 10.2. The van der Waals surface area contributed by atoms with E-state index in [2.05, 4.69) is 12.2 Å². The lowest BCUT2D eigenvalue weighted by Crippen LogP contribution is -2.19. The summed E-state index contributed by atoms with van der Waals surface area (Å²) >= 11 is 0. The number of hydrogen-bond donors (Lipinski definition) is 3. The van der Waals surface area contributed by atoms with E-state index in [1.165, 1.54) is 18.2 Å². The van der Waals surface area contributed by atoms with Gasteiger partial charge in [-0.1, -0.05) is 25.8 Å². The van der Waals surface area contributed by atoms with E-state index in [0.717, 1.165) is 19.3 Å². The molecule has 1 rings (SSSR count). The van der Waals surface area contributed by atoms with Crippen LogP contribution in [-0.4, -0.2) is 26.0 Å². The Labute approximate surface area is 112 Å². The molecular weight excluding hydrogens is 268 g/mol. The number of primary sulfonamides is 1. The van der Waals surface area contributed by atoms with Gasteiger partial charge in [0.25, 0.3) is 0 Å². The van der Waals surface area contributed by atoms with Crippen LogP contribution >= 0.6 is 0 Å². The van der Waals surface area contributed by atoms with Gasteiger partial charge in [-0.05, 0) is 18.6 Å². The third-order valence-corrected chi connectivity index (χ3v) is 3.63. The Bertz CT molecular complexity index is 555. The van der Waals surface area contributed by atoms with Gasteiger partial charge < -0.3 is 10.4 Å². The molecule has 0 aliphatic rings. The maximum Gasteiger partial charge on any atom is 0.337 e. The van der Waals surface area contributed by atoms with Crippen LogP contribution in [0.3, 0.4) is 0 Å². The predicted molar refractivity (Wildman–Crippen MR) is 72.8 cm³/mol. The first-order valence-corrected chi connectivity index (χ1v) is 7.55. The zero-order valence-corrected chi connectivity index (χ0v) is 11.5. The Morgan fingerprint density at radius 2 is 2.05 bits per heavy atom. The fourth-order valence-corrected chi connectivity index (χ4v) is 2.66. The molecule has 0 aliphatic carbocycles. The van der Waals surface area contributed by atoms with Gasteiger partial charge in [0, 0.05) is 6.54 Å². The highest BCUT2D eigenvalue weighted by Crippen LogP contribution is 2.24. The molecule has 0 heterocycles. The van der Waals surface area contributed by atoms with E-state index in [0.29, 0.717) is 6.54 Å². The molecule has 0 saturated heterocycles. The lowest BCUT2D eigenvalue weighted by Gasteiger charge is -2.12. The summed E-state index contributed by atoms with van der Waals surface area (Å²) in [5.41, 5.74) is -0.0819. The third-order valence-electron chi connectivity index (χ3n) is 2.63. The fraction of sp³-hybridized carbons (Fsp3) is 0.417. The third kappa shape index (κ3) is 4.22. The number of nitrogens with one attached hydrogen (secondary N) is 1. The summed E-state index contributed by atoms with van der Waals surface area (Å²) in [4.78, 5) is 10.7. The SMILES string of the molecule is CCCCCNc1cccc(C(=O)O)c1S(N)(=O)=O. The van der Waals surface area contributed by atoms with Gasteiger partial charge in [0.1, 0.15) is 4.90 Å². The van der Waals surface area contributed by atoms with E-state index < -0.39 is 16.0 Å². The van der Waals surface area contributed by atoms with E-state index in [4.69, 9.17) is 10.2 Å². The Balaban J connectivity index is 3.10. The standard InChI is InChI=1S/C12H18N2O4S/c1-2-3-4-8-14-10-7-5-6-9(12(15)16)11(10)19(13,17)18/h5-7,14H,2-4,8H2,1H3,(H,15,16)(H2,13,17,18). The van der Waals surface area contributed by atoms with Crippen molar-refractivity contribution in [3.8, 4) is 0 Å². The fourth-order valence-electron chi connectivity index (χ4n) is 1.75. The van der Waals surface area contributed by atoms with Crippen LogP contribution in [0.1, 0.15) is 36.5 Å². The highest BCUT2D eigenvalue weighted by atomic mass is 32.2. The van der Waals surface area contributed by atoms with Crippen molar-refractivity contribution >= 4 is 21.7 Å². The minimum absolute atomic E-state index is 0.235. The van der Waals surface area contributed by atoms with Gasteiger partial charge in [0.05, 0.1) is 11.3 Å². The first-order valence-electron chi connectivity index (χ1n) is 6.01. The minimum Gasteiger partial charge on any atom is -0.478 e. The van der Waals surface area contributed by atoms with Crippen molar-refractivity contribution in [1.82, 2.24) is 0 Å². The first-order chi connectivity index (χ1) is 8.88. The van der Waals surface area contributed by atoms with Gasteiger partial charge in [-0.15, -0.1) is 0 Å². The minimum atomic E-state index is -4.10. The molecule has 0 unspecified atom stereocenters. The molecular formula is C12H18N2O4S. The molecule has 0 amide bonds. The van der Waals surface area contributed by atoms with Crippen molar-refractivity contribution in [2.45, 2.75) is 31.1 Å². The zero-order valence-electron chi connectivity index (χ0n) is 10.7. The van der Waals surface area contributed by atoms with E-state index >= 15 is 0 Å². The average molecular weight is 286 g/mol. The molecule has 4 N–H and O–H groups in total. The second-order valence-corrected chi connectivity index (χ2v) is 5.66. The van der Waals surface area contributed by atoms with Gasteiger partial charge >= 0.3 is 5.97 Å². The normalized spacial score (nSPS) is 11.3. The van der Waals surface area contributed by atoms with Gasteiger partial charge in [-0.3, -0.25) is 0 Å². The Morgan fingerprint density at radius 3 is 2.58 bits per heavy atom. The predicted octanol–water partition coefficient (Wildman–Crippen LogP) is 1.63. The summed E-state index contributed by atoms with van der Waals surface area (Å²) in [5.74, 6) is -1.32.